The number of rotatable bonds is 7. The van der Waals surface area contributed by atoms with Crippen molar-refractivity contribution in [3.63, 3.8) is 0 Å². The molecule has 11 heteroatoms. The number of hydrogen-bond donors (Lipinski definition) is 3. The van der Waals surface area contributed by atoms with E-state index in [1.165, 1.54) is 12.1 Å². The molecule has 234 valence electrons. The molecule has 1 saturated carbocycles. The number of ether oxygens (including phenoxy) is 1. The summed E-state index contributed by atoms with van der Waals surface area (Å²) in [4.78, 5) is 39.3. The lowest BCUT2D eigenvalue weighted by Crippen LogP contribution is -2.42. The van der Waals surface area contributed by atoms with Crippen molar-refractivity contribution in [2.24, 2.45) is 23.2 Å². The van der Waals surface area contributed by atoms with Gasteiger partial charge in [0.25, 0.3) is 5.91 Å². The quantitative estimate of drug-likeness (QED) is 0.309. The van der Waals surface area contributed by atoms with Gasteiger partial charge in [0.1, 0.15) is 5.75 Å². The first-order valence-electron chi connectivity index (χ1n) is 14.7. The lowest BCUT2D eigenvalue weighted by atomic mass is 9.68. The minimum Gasteiger partial charge on any atom is -0.481 e. The molecule has 2 atom stereocenters. The Morgan fingerprint density at radius 3 is 2.12 bits per heavy atom. The molecule has 2 aromatic rings. The van der Waals surface area contributed by atoms with Crippen molar-refractivity contribution in [2.75, 3.05) is 18.4 Å². The lowest BCUT2D eigenvalue weighted by molar-refractivity contribution is -0.274. The Labute approximate surface area is 250 Å². The number of likely N-dealkylation sites (tertiary alicyclic amines) is 1. The number of aliphatic carboxylic acids is 1. The number of benzene rings is 2. The molecule has 1 heterocycles. The summed E-state index contributed by atoms with van der Waals surface area (Å²) in [6.45, 7) is 7.41. The second kappa shape index (κ2) is 13.3. The van der Waals surface area contributed by atoms with Crippen LogP contribution >= 0.6 is 0 Å². The fraction of sp³-hybridized carbons (Fsp3) is 0.531. The van der Waals surface area contributed by atoms with Gasteiger partial charge in [-0.05, 0) is 97.7 Å². The van der Waals surface area contributed by atoms with Gasteiger partial charge in [-0.15, -0.1) is 13.2 Å². The number of amides is 3. The first-order valence-corrected chi connectivity index (χ1v) is 14.7. The first kappa shape index (κ1) is 32.2. The molecule has 0 aromatic heterocycles. The molecule has 1 saturated heterocycles. The lowest BCUT2D eigenvalue weighted by Gasteiger charge is -2.39. The van der Waals surface area contributed by atoms with Crippen molar-refractivity contribution in [3.8, 4) is 5.75 Å². The normalized spacial score (nSPS) is 21.9. The molecule has 43 heavy (non-hydrogen) atoms. The number of alkyl halides is 3. The monoisotopic (exact) mass is 603 g/mol. The van der Waals surface area contributed by atoms with Crippen molar-refractivity contribution in [3.05, 3.63) is 59.7 Å². The molecule has 3 amide bonds. The first-order chi connectivity index (χ1) is 20.2. The summed E-state index contributed by atoms with van der Waals surface area (Å²) in [5.41, 5.74) is 1.78. The number of piperidine rings is 1. The van der Waals surface area contributed by atoms with Gasteiger partial charge in [-0.25, -0.2) is 4.79 Å². The Bertz CT molecular complexity index is 1270. The van der Waals surface area contributed by atoms with Gasteiger partial charge < -0.3 is 25.4 Å². The largest absolute Gasteiger partial charge is 0.573 e. The third-order valence-corrected chi connectivity index (χ3v) is 8.67. The smallest absolute Gasteiger partial charge is 0.481 e. The Kier molecular flexibility index (Phi) is 9.92. The van der Waals surface area contributed by atoms with Gasteiger partial charge in [0.15, 0.2) is 0 Å². The average Bonchev–Trinajstić information content (AvgIpc) is 2.95. The van der Waals surface area contributed by atoms with E-state index in [0.717, 1.165) is 43.4 Å². The van der Waals surface area contributed by atoms with E-state index >= 15 is 0 Å². The third kappa shape index (κ3) is 8.87. The standard InChI is InChI=1S/C32H40F3N3O5/c1-31(2,3)24-12-10-21(11-13-24)27(37-30(42)36-25-14-16-26(17-15-25)43-32(33,34)35)20-6-8-22(9-7-20)28(39)38-18-4-5-23(19-38)29(40)41/h6-9,14-17,21,23-24,27H,4-5,10-13,18-19H2,1-3H3,(H,40,41)(H2,36,37,42)/t21-,23?,24-,27?. The number of halogens is 3. The van der Waals surface area contributed by atoms with Gasteiger partial charge in [-0.2, -0.15) is 0 Å². The van der Waals surface area contributed by atoms with Crippen LogP contribution in [-0.4, -0.2) is 47.4 Å². The summed E-state index contributed by atoms with van der Waals surface area (Å²) in [5.74, 6) is -1.36. The van der Waals surface area contributed by atoms with E-state index in [1.807, 2.05) is 12.1 Å². The zero-order chi connectivity index (χ0) is 31.4. The van der Waals surface area contributed by atoms with Crippen LogP contribution in [-0.2, 0) is 4.79 Å². The van der Waals surface area contributed by atoms with Crippen LogP contribution in [0.2, 0.25) is 0 Å². The van der Waals surface area contributed by atoms with E-state index in [0.29, 0.717) is 36.6 Å². The van der Waals surface area contributed by atoms with Crippen molar-refractivity contribution in [2.45, 2.75) is 71.7 Å². The molecular weight excluding hydrogens is 563 g/mol. The Balaban J connectivity index is 1.48. The van der Waals surface area contributed by atoms with Gasteiger partial charge in [0.05, 0.1) is 12.0 Å². The summed E-state index contributed by atoms with van der Waals surface area (Å²) in [6.07, 6.45) is 0.229. The molecule has 1 aliphatic carbocycles. The van der Waals surface area contributed by atoms with Crippen molar-refractivity contribution in [1.82, 2.24) is 10.2 Å². The van der Waals surface area contributed by atoms with E-state index < -0.39 is 24.3 Å². The maximum atomic E-state index is 13.1. The van der Waals surface area contributed by atoms with Crippen LogP contribution in [0.3, 0.4) is 0 Å². The highest BCUT2D eigenvalue weighted by Crippen LogP contribution is 2.43. The average molecular weight is 604 g/mol. The molecule has 2 aromatic carbocycles. The van der Waals surface area contributed by atoms with Gasteiger partial charge in [-0.3, -0.25) is 9.59 Å². The maximum Gasteiger partial charge on any atom is 0.573 e. The van der Waals surface area contributed by atoms with Crippen LogP contribution in [0.25, 0.3) is 0 Å². The van der Waals surface area contributed by atoms with Crippen molar-refractivity contribution >= 4 is 23.6 Å². The molecule has 2 unspecified atom stereocenters. The van der Waals surface area contributed by atoms with Gasteiger partial charge >= 0.3 is 18.4 Å². The van der Waals surface area contributed by atoms with Gasteiger partial charge in [-0.1, -0.05) is 32.9 Å². The number of carbonyl (C=O) groups is 3. The fourth-order valence-electron chi connectivity index (χ4n) is 6.22. The number of carbonyl (C=O) groups excluding carboxylic acids is 2. The predicted octanol–water partition coefficient (Wildman–Crippen LogP) is 7.24. The van der Waals surface area contributed by atoms with E-state index in [2.05, 4.69) is 36.1 Å². The minimum atomic E-state index is -4.81. The highest BCUT2D eigenvalue weighted by molar-refractivity contribution is 5.94. The molecule has 0 radical (unpaired) electrons. The SMILES string of the molecule is CC(C)(C)[C@H]1CC[C@H](C(NC(=O)Nc2ccc(OC(F)(F)F)cc2)c2ccc(C(=O)N3CCCC(C(=O)O)C3)cc2)CC1. The van der Waals surface area contributed by atoms with Crippen molar-refractivity contribution < 1.29 is 37.4 Å². The van der Waals surface area contributed by atoms with Crippen molar-refractivity contribution in [1.29, 1.82) is 0 Å². The summed E-state index contributed by atoms with van der Waals surface area (Å²) < 4.78 is 41.4. The fourth-order valence-corrected chi connectivity index (χ4v) is 6.22. The molecule has 2 fully saturated rings. The van der Waals surface area contributed by atoms with Crippen LogP contribution in [0.4, 0.5) is 23.7 Å². The number of carboxylic acids is 1. The Morgan fingerprint density at radius 2 is 1.56 bits per heavy atom. The second-order valence-corrected chi connectivity index (χ2v) is 12.7. The third-order valence-electron chi connectivity index (χ3n) is 8.67. The number of anilines is 1. The second-order valence-electron chi connectivity index (χ2n) is 12.7. The molecule has 3 N–H and O–H groups in total. The summed E-state index contributed by atoms with van der Waals surface area (Å²) in [6, 6.07) is 11.2. The van der Waals surface area contributed by atoms with E-state index in [4.69, 9.17) is 0 Å². The van der Waals surface area contributed by atoms with Crippen LogP contribution in [0.1, 0.15) is 81.3 Å². The van der Waals surface area contributed by atoms with Gasteiger partial charge in [0, 0.05) is 24.3 Å². The Morgan fingerprint density at radius 1 is 0.930 bits per heavy atom. The number of nitrogens with zero attached hydrogens (tertiary/aromatic N) is 1. The molecule has 8 nitrogen and oxygen atoms in total. The summed E-state index contributed by atoms with van der Waals surface area (Å²) in [7, 11) is 0. The molecule has 1 aliphatic heterocycles. The van der Waals surface area contributed by atoms with Gasteiger partial charge in [0.2, 0.25) is 0 Å². The van der Waals surface area contributed by atoms with E-state index in [-0.39, 0.29) is 35.6 Å². The highest BCUT2D eigenvalue weighted by atomic mass is 19.4. The maximum absolute atomic E-state index is 13.1. The van der Waals surface area contributed by atoms with Crippen LogP contribution in [0.15, 0.2) is 48.5 Å². The van der Waals surface area contributed by atoms with Crippen LogP contribution < -0.4 is 15.4 Å². The number of carboxylic acid groups (broad SMARTS) is 1. The molecule has 2 aliphatic rings. The molecule has 0 bridgehead atoms. The highest BCUT2D eigenvalue weighted by Gasteiger charge is 2.35. The van der Waals surface area contributed by atoms with E-state index in [1.54, 1.807) is 17.0 Å². The summed E-state index contributed by atoms with van der Waals surface area (Å²) in [5, 5.41) is 15.1. The van der Waals surface area contributed by atoms with Crippen LogP contribution in [0, 0.1) is 23.2 Å². The topological polar surface area (TPSA) is 108 Å². The summed E-state index contributed by atoms with van der Waals surface area (Å²) >= 11 is 0. The molecular formula is C32H40F3N3O5. The molecule has 0 spiro atoms. The number of urea groups is 1. The zero-order valence-corrected chi connectivity index (χ0v) is 24.7. The Hall–Kier alpha value is -3.76. The van der Waals surface area contributed by atoms with E-state index in [9.17, 15) is 32.7 Å². The minimum absolute atomic E-state index is 0.145. The predicted molar refractivity (Wildman–Crippen MR) is 156 cm³/mol. The number of nitrogens with one attached hydrogen (secondary N) is 2. The molecule has 4 rings (SSSR count). The van der Waals surface area contributed by atoms with Crippen LogP contribution in [0.5, 0.6) is 5.75 Å². The zero-order valence-electron chi connectivity index (χ0n) is 24.7. The number of hydrogen-bond acceptors (Lipinski definition) is 4.